The van der Waals surface area contributed by atoms with Crippen molar-refractivity contribution >= 4 is 33.8 Å². The second-order valence-electron chi connectivity index (χ2n) is 6.29. The summed E-state index contributed by atoms with van der Waals surface area (Å²) in [5.74, 6) is 0.721. The Labute approximate surface area is 159 Å². The first-order chi connectivity index (χ1) is 12.7. The van der Waals surface area contributed by atoms with Gasteiger partial charge in [-0.25, -0.2) is 0 Å². The predicted molar refractivity (Wildman–Crippen MR) is 106 cm³/mol. The molecule has 0 aliphatic carbocycles. The van der Waals surface area contributed by atoms with Gasteiger partial charge in [-0.3, -0.25) is 4.79 Å². The highest BCUT2D eigenvalue weighted by molar-refractivity contribution is 7.13. The van der Waals surface area contributed by atoms with E-state index in [4.69, 9.17) is 16.3 Å². The number of hydrogen-bond donors (Lipinski definition) is 0. The Balaban J connectivity index is 1.90. The fraction of sp³-hybridized carbons (Fsp3) is 0.0952. The fourth-order valence-electron chi connectivity index (χ4n) is 3.51. The Hall–Kier alpha value is -2.56. The first-order valence-electron chi connectivity index (χ1n) is 8.32. The van der Waals surface area contributed by atoms with Gasteiger partial charge in [-0.05, 0) is 34.7 Å². The summed E-state index contributed by atoms with van der Waals surface area (Å²) in [5.41, 5.74) is 3.82. The lowest BCUT2D eigenvalue weighted by Gasteiger charge is -2.22. The molecule has 0 atom stereocenters. The summed E-state index contributed by atoms with van der Waals surface area (Å²) in [5, 5.41) is 3.48. The molecule has 0 fully saturated rings. The summed E-state index contributed by atoms with van der Waals surface area (Å²) in [6.07, 6.45) is 0. The van der Waals surface area contributed by atoms with E-state index in [1.54, 1.807) is 28.0 Å². The standard InChI is InChI=1S/C21H14ClNO2S/c22-17-10-16(18-6-3-9-26-18)21-20-15(17)7-8-19(24)23(20)11-13-4-1-2-5-14(13)12-25-21/h1-10H,11-12H2. The third kappa shape index (κ3) is 2.37. The molecule has 3 heterocycles. The van der Waals surface area contributed by atoms with E-state index < -0.39 is 0 Å². The van der Waals surface area contributed by atoms with Gasteiger partial charge in [0.05, 0.1) is 17.1 Å². The Morgan fingerprint density at radius 1 is 1.04 bits per heavy atom. The summed E-state index contributed by atoms with van der Waals surface area (Å²) >= 11 is 8.21. The van der Waals surface area contributed by atoms with Gasteiger partial charge in [0.2, 0.25) is 0 Å². The van der Waals surface area contributed by atoms with Gasteiger partial charge >= 0.3 is 0 Å². The normalized spacial score (nSPS) is 13.0. The van der Waals surface area contributed by atoms with E-state index in [0.717, 1.165) is 38.2 Å². The molecule has 128 valence electrons. The average molecular weight is 380 g/mol. The number of hydrogen-bond acceptors (Lipinski definition) is 3. The summed E-state index contributed by atoms with van der Waals surface area (Å²) in [4.78, 5) is 13.8. The molecule has 0 bridgehead atoms. The van der Waals surface area contributed by atoms with Crippen LogP contribution in [-0.4, -0.2) is 4.57 Å². The van der Waals surface area contributed by atoms with Crippen LogP contribution in [0.2, 0.25) is 5.02 Å². The first-order valence-corrected chi connectivity index (χ1v) is 9.57. The monoisotopic (exact) mass is 379 g/mol. The van der Waals surface area contributed by atoms with Crippen molar-refractivity contribution < 1.29 is 4.74 Å². The molecule has 1 aliphatic rings. The number of aromatic nitrogens is 1. The van der Waals surface area contributed by atoms with Crippen molar-refractivity contribution in [1.29, 1.82) is 0 Å². The number of pyridine rings is 1. The van der Waals surface area contributed by atoms with Crippen LogP contribution < -0.4 is 10.3 Å². The SMILES string of the molecule is O=c1ccc2c(Cl)cc(-c3cccs3)c3c2n1Cc1ccccc1CO3. The molecule has 26 heavy (non-hydrogen) atoms. The molecule has 0 N–H and O–H groups in total. The van der Waals surface area contributed by atoms with Gasteiger partial charge < -0.3 is 9.30 Å². The topological polar surface area (TPSA) is 31.2 Å². The number of thiophene rings is 1. The van der Waals surface area contributed by atoms with E-state index in [-0.39, 0.29) is 5.56 Å². The van der Waals surface area contributed by atoms with E-state index in [1.807, 2.05) is 47.8 Å². The lowest BCUT2D eigenvalue weighted by atomic mass is 10.0. The number of ether oxygens (including phenoxy) is 1. The van der Waals surface area contributed by atoms with E-state index in [2.05, 4.69) is 0 Å². The zero-order valence-electron chi connectivity index (χ0n) is 13.7. The Kier molecular flexibility index (Phi) is 3.62. The molecule has 0 saturated heterocycles. The number of benzene rings is 2. The second kappa shape index (κ2) is 6.01. The average Bonchev–Trinajstić information content (AvgIpc) is 3.16. The Morgan fingerprint density at radius 3 is 2.69 bits per heavy atom. The van der Waals surface area contributed by atoms with Crippen LogP contribution in [0.5, 0.6) is 5.75 Å². The van der Waals surface area contributed by atoms with Gasteiger partial charge in [0.1, 0.15) is 6.61 Å². The molecule has 5 heteroatoms. The minimum Gasteiger partial charge on any atom is -0.486 e. The molecule has 0 saturated carbocycles. The minimum atomic E-state index is -0.0570. The maximum atomic E-state index is 12.7. The lowest BCUT2D eigenvalue weighted by molar-refractivity contribution is 0.305. The molecule has 0 amide bonds. The number of halogens is 1. The molecule has 0 spiro atoms. The van der Waals surface area contributed by atoms with Gasteiger partial charge in [0.25, 0.3) is 5.56 Å². The van der Waals surface area contributed by atoms with Crippen molar-refractivity contribution in [3.8, 4) is 16.2 Å². The van der Waals surface area contributed by atoms with Crippen molar-refractivity contribution in [3.05, 3.63) is 86.5 Å². The number of nitrogens with zero attached hydrogens (tertiary/aromatic N) is 1. The van der Waals surface area contributed by atoms with E-state index >= 15 is 0 Å². The summed E-state index contributed by atoms with van der Waals surface area (Å²) < 4.78 is 8.05. The van der Waals surface area contributed by atoms with Crippen LogP contribution in [0.1, 0.15) is 11.1 Å². The van der Waals surface area contributed by atoms with Crippen molar-refractivity contribution in [1.82, 2.24) is 4.57 Å². The van der Waals surface area contributed by atoms with Crippen LogP contribution in [0.3, 0.4) is 0 Å². The summed E-state index contributed by atoms with van der Waals surface area (Å²) in [7, 11) is 0. The quantitative estimate of drug-likeness (QED) is 0.448. The number of rotatable bonds is 1. The Morgan fingerprint density at radius 2 is 1.88 bits per heavy atom. The van der Waals surface area contributed by atoms with Gasteiger partial charge in [0.15, 0.2) is 5.75 Å². The van der Waals surface area contributed by atoms with Crippen LogP contribution >= 0.6 is 22.9 Å². The van der Waals surface area contributed by atoms with Gasteiger partial charge in [-0.15, -0.1) is 11.3 Å². The van der Waals surface area contributed by atoms with Gasteiger partial charge in [0, 0.05) is 21.9 Å². The Bertz CT molecular complexity index is 1190. The zero-order chi connectivity index (χ0) is 17.7. The second-order valence-corrected chi connectivity index (χ2v) is 7.64. The lowest BCUT2D eigenvalue weighted by Crippen LogP contribution is -2.23. The van der Waals surface area contributed by atoms with Crippen molar-refractivity contribution in [3.63, 3.8) is 0 Å². The van der Waals surface area contributed by atoms with Crippen molar-refractivity contribution in [2.75, 3.05) is 0 Å². The smallest absolute Gasteiger partial charge is 0.251 e. The highest BCUT2D eigenvalue weighted by Gasteiger charge is 2.21. The van der Waals surface area contributed by atoms with Crippen LogP contribution in [-0.2, 0) is 13.2 Å². The van der Waals surface area contributed by atoms with E-state index in [9.17, 15) is 4.79 Å². The van der Waals surface area contributed by atoms with Crippen LogP contribution in [0, 0.1) is 0 Å². The molecule has 0 unspecified atom stereocenters. The maximum Gasteiger partial charge on any atom is 0.251 e. The van der Waals surface area contributed by atoms with Crippen molar-refractivity contribution in [2.45, 2.75) is 13.2 Å². The number of fused-ring (bicyclic) bond motifs is 1. The molecule has 5 rings (SSSR count). The largest absolute Gasteiger partial charge is 0.486 e. The maximum absolute atomic E-state index is 12.7. The predicted octanol–water partition coefficient (Wildman–Crippen LogP) is 5.32. The summed E-state index contributed by atoms with van der Waals surface area (Å²) in [6, 6.07) is 17.4. The van der Waals surface area contributed by atoms with Gasteiger partial charge in [-0.1, -0.05) is 41.9 Å². The molecule has 0 radical (unpaired) electrons. The third-order valence-corrected chi connectivity index (χ3v) is 5.99. The van der Waals surface area contributed by atoms with Crippen LogP contribution in [0.15, 0.2) is 64.8 Å². The highest BCUT2D eigenvalue weighted by Crippen LogP contribution is 2.43. The van der Waals surface area contributed by atoms with E-state index in [1.165, 1.54) is 0 Å². The molecule has 1 aliphatic heterocycles. The van der Waals surface area contributed by atoms with Gasteiger partial charge in [-0.2, -0.15) is 0 Å². The van der Waals surface area contributed by atoms with Crippen LogP contribution in [0.25, 0.3) is 21.3 Å². The highest BCUT2D eigenvalue weighted by atomic mass is 35.5. The molecule has 3 nitrogen and oxygen atoms in total. The first kappa shape index (κ1) is 15.7. The van der Waals surface area contributed by atoms with Crippen molar-refractivity contribution in [2.24, 2.45) is 0 Å². The minimum absolute atomic E-state index is 0.0570. The molecule has 2 aromatic heterocycles. The van der Waals surface area contributed by atoms with Crippen LogP contribution in [0.4, 0.5) is 0 Å². The molecular formula is C21H14ClNO2S. The fourth-order valence-corrected chi connectivity index (χ4v) is 4.51. The molecule has 4 aromatic rings. The molecule has 2 aromatic carbocycles. The van der Waals surface area contributed by atoms with E-state index in [0.29, 0.717) is 18.2 Å². The third-order valence-electron chi connectivity index (χ3n) is 4.78. The summed E-state index contributed by atoms with van der Waals surface area (Å²) in [6.45, 7) is 0.974. The zero-order valence-corrected chi connectivity index (χ0v) is 15.3. The molecular weight excluding hydrogens is 366 g/mol.